The van der Waals surface area contributed by atoms with Gasteiger partial charge < -0.3 is 15.2 Å². The van der Waals surface area contributed by atoms with Crippen molar-refractivity contribution < 1.29 is 13.2 Å². The summed E-state index contributed by atoms with van der Waals surface area (Å²) in [6, 6.07) is 14.5. The summed E-state index contributed by atoms with van der Waals surface area (Å²) < 4.78 is 28.7. The van der Waals surface area contributed by atoms with Gasteiger partial charge in [0.05, 0.1) is 10.9 Å². The third-order valence-corrected chi connectivity index (χ3v) is 8.71. The molecule has 0 aliphatic carbocycles. The number of aromatic amines is 1. The highest BCUT2D eigenvalue weighted by atomic mass is 35.5. The van der Waals surface area contributed by atoms with Crippen LogP contribution in [0.15, 0.2) is 53.4 Å². The highest BCUT2D eigenvalue weighted by molar-refractivity contribution is 7.89. The third-order valence-electron chi connectivity index (χ3n) is 6.94. The third kappa shape index (κ3) is 4.24. The van der Waals surface area contributed by atoms with Gasteiger partial charge in [-0.3, -0.25) is 4.79 Å². The molecule has 2 atom stereocenters. The van der Waals surface area contributed by atoms with Crippen molar-refractivity contribution in [2.45, 2.75) is 49.2 Å². The number of rotatable bonds is 5. The summed E-state index contributed by atoms with van der Waals surface area (Å²) in [5, 5.41) is 4.39. The molecule has 3 N–H and O–H groups in total. The Balaban J connectivity index is 1.52. The molecule has 1 aromatic heterocycles. The largest absolute Gasteiger partial charge is 0.356 e. The van der Waals surface area contributed by atoms with Crippen molar-refractivity contribution in [3.8, 4) is 0 Å². The predicted octanol–water partition coefficient (Wildman–Crippen LogP) is 3.30. The Morgan fingerprint density at radius 1 is 1.12 bits per heavy atom. The smallest absolute Gasteiger partial charge is 0.240 e. The van der Waals surface area contributed by atoms with E-state index in [1.54, 1.807) is 12.1 Å². The summed E-state index contributed by atoms with van der Waals surface area (Å²) >= 11 is 5.99. The second-order valence-corrected chi connectivity index (χ2v) is 11.1. The van der Waals surface area contributed by atoms with E-state index in [0.29, 0.717) is 0 Å². The molecule has 2 aliphatic heterocycles. The number of halogens is 1. The molecule has 1 fully saturated rings. The van der Waals surface area contributed by atoms with Gasteiger partial charge in [0.1, 0.15) is 5.88 Å². The Kier molecular flexibility index (Phi) is 6.41. The predicted molar refractivity (Wildman–Crippen MR) is 134 cm³/mol. The molecular formula is C25H29ClN4O3S. The van der Waals surface area contributed by atoms with Crippen molar-refractivity contribution in [3.05, 3.63) is 65.4 Å². The number of carbonyl (C=O) groups is 1. The maximum atomic E-state index is 13.0. The van der Waals surface area contributed by atoms with Gasteiger partial charge in [0.25, 0.3) is 0 Å². The van der Waals surface area contributed by atoms with E-state index in [4.69, 9.17) is 11.6 Å². The number of benzene rings is 2. The quantitative estimate of drug-likeness (QED) is 0.468. The summed E-state index contributed by atoms with van der Waals surface area (Å²) in [7, 11) is -3.62. The van der Waals surface area contributed by atoms with Crippen molar-refractivity contribution in [2.75, 3.05) is 19.0 Å². The van der Waals surface area contributed by atoms with E-state index in [9.17, 15) is 13.2 Å². The van der Waals surface area contributed by atoms with Crippen LogP contribution in [0.25, 0.3) is 10.9 Å². The molecule has 180 valence electrons. The molecule has 5 rings (SSSR count). The number of H-pyrrole nitrogens is 1. The molecule has 3 heterocycles. The van der Waals surface area contributed by atoms with Crippen LogP contribution < -0.4 is 10.0 Å². The average molecular weight is 501 g/mol. The first kappa shape index (κ1) is 23.4. The molecule has 0 unspecified atom stereocenters. The van der Waals surface area contributed by atoms with Gasteiger partial charge in [-0.05, 0) is 68.6 Å². The zero-order chi connectivity index (χ0) is 23.9. The molecule has 7 nitrogen and oxygen atoms in total. The number of carbonyl (C=O) groups excluding carboxylic acids is 1. The van der Waals surface area contributed by atoms with Crippen molar-refractivity contribution in [1.82, 2.24) is 19.9 Å². The first-order valence-corrected chi connectivity index (χ1v) is 13.7. The molecule has 0 radical (unpaired) electrons. The molecule has 1 saturated heterocycles. The lowest BCUT2D eigenvalue weighted by Gasteiger charge is -2.40. The maximum Gasteiger partial charge on any atom is 0.240 e. The van der Waals surface area contributed by atoms with Gasteiger partial charge in [0.15, 0.2) is 0 Å². The first-order valence-electron chi connectivity index (χ1n) is 11.7. The number of alkyl halides is 1. The SMILES string of the molecule is C[C@H]1Cc2c([nH]c3ccccc23)[C@H](c2ccc(S(=O)(=O)NC3CCNCC3)cc2)N1C(=O)CCl. The van der Waals surface area contributed by atoms with Crippen molar-refractivity contribution in [2.24, 2.45) is 0 Å². The maximum absolute atomic E-state index is 13.0. The average Bonchev–Trinajstić information content (AvgIpc) is 3.21. The van der Waals surface area contributed by atoms with E-state index in [0.717, 1.165) is 54.5 Å². The Labute approximate surface area is 204 Å². The number of piperidine rings is 1. The molecule has 0 saturated carbocycles. The molecule has 2 aromatic carbocycles. The minimum Gasteiger partial charge on any atom is -0.356 e. The molecule has 9 heteroatoms. The fraction of sp³-hybridized carbons (Fsp3) is 0.400. The van der Waals surface area contributed by atoms with E-state index < -0.39 is 10.0 Å². The van der Waals surface area contributed by atoms with E-state index in [1.807, 2.05) is 42.2 Å². The fourth-order valence-electron chi connectivity index (χ4n) is 5.30. The standard InChI is InChI=1S/C25H29ClN4O3S/c1-16-14-21-20-4-2-3-5-22(20)28-24(21)25(30(16)23(31)15-26)17-6-8-19(9-7-17)34(32,33)29-18-10-12-27-13-11-18/h2-9,16,18,25,27-29H,10-15H2,1H3/t16-,25-/m0/s1. The zero-order valence-corrected chi connectivity index (χ0v) is 20.6. The number of nitrogens with one attached hydrogen (secondary N) is 3. The monoisotopic (exact) mass is 500 g/mol. The van der Waals surface area contributed by atoms with Crippen LogP contribution >= 0.6 is 11.6 Å². The summed E-state index contributed by atoms with van der Waals surface area (Å²) in [6.07, 6.45) is 2.27. The molecule has 34 heavy (non-hydrogen) atoms. The molecule has 2 aliphatic rings. The van der Waals surface area contributed by atoms with Crippen LogP contribution in [0.4, 0.5) is 0 Å². The molecule has 0 spiro atoms. The first-order chi connectivity index (χ1) is 16.4. The van der Waals surface area contributed by atoms with Crippen LogP contribution in [0.2, 0.25) is 0 Å². The Hall–Kier alpha value is -2.39. The lowest BCUT2D eigenvalue weighted by Crippen LogP contribution is -2.47. The highest BCUT2D eigenvalue weighted by Gasteiger charge is 2.38. The van der Waals surface area contributed by atoms with Crippen molar-refractivity contribution in [1.29, 1.82) is 0 Å². The lowest BCUT2D eigenvalue weighted by atomic mass is 9.88. The fourth-order valence-corrected chi connectivity index (χ4v) is 6.75. The van der Waals surface area contributed by atoms with Crippen LogP contribution in [0.1, 0.15) is 42.6 Å². The number of amides is 1. The van der Waals surface area contributed by atoms with Crippen molar-refractivity contribution in [3.63, 3.8) is 0 Å². The van der Waals surface area contributed by atoms with Crippen molar-refractivity contribution >= 4 is 38.4 Å². The summed E-state index contributed by atoms with van der Waals surface area (Å²) in [6.45, 7) is 3.65. The number of hydrogen-bond donors (Lipinski definition) is 3. The topological polar surface area (TPSA) is 94.3 Å². The summed E-state index contributed by atoms with van der Waals surface area (Å²) in [5.41, 5.74) is 4.02. The Bertz CT molecular complexity index is 1300. The van der Waals surface area contributed by atoms with Gasteiger partial charge >= 0.3 is 0 Å². The van der Waals surface area contributed by atoms with Crippen LogP contribution in [-0.2, 0) is 21.2 Å². The summed E-state index contributed by atoms with van der Waals surface area (Å²) in [5.74, 6) is -0.254. The number of sulfonamides is 1. The normalized spacial score (nSPS) is 21.5. The lowest BCUT2D eigenvalue weighted by molar-refractivity contribution is -0.133. The van der Waals surface area contributed by atoms with Crippen LogP contribution in [-0.4, -0.2) is 55.3 Å². The number of nitrogens with zero attached hydrogens (tertiary/aromatic N) is 1. The Morgan fingerprint density at radius 3 is 2.53 bits per heavy atom. The molecule has 0 bridgehead atoms. The van der Waals surface area contributed by atoms with E-state index in [-0.39, 0.29) is 34.8 Å². The highest BCUT2D eigenvalue weighted by Crippen LogP contribution is 2.41. The second kappa shape index (κ2) is 9.34. The zero-order valence-electron chi connectivity index (χ0n) is 19.1. The van der Waals surface area contributed by atoms with Crippen LogP contribution in [0.5, 0.6) is 0 Å². The van der Waals surface area contributed by atoms with Gasteiger partial charge in [-0.2, -0.15) is 0 Å². The number of para-hydroxylation sites is 1. The number of fused-ring (bicyclic) bond motifs is 3. The molecule has 1 amide bonds. The van der Waals surface area contributed by atoms with Gasteiger partial charge in [-0.1, -0.05) is 30.3 Å². The van der Waals surface area contributed by atoms with Gasteiger partial charge in [0.2, 0.25) is 15.9 Å². The Morgan fingerprint density at radius 2 is 1.82 bits per heavy atom. The van der Waals surface area contributed by atoms with Gasteiger partial charge in [-0.25, -0.2) is 13.1 Å². The van der Waals surface area contributed by atoms with E-state index >= 15 is 0 Å². The minimum absolute atomic E-state index is 0.0482. The number of hydrogen-bond acceptors (Lipinski definition) is 4. The van der Waals surface area contributed by atoms with Gasteiger partial charge in [0, 0.05) is 28.7 Å². The van der Waals surface area contributed by atoms with Crippen LogP contribution in [0.3, 0.4) is 0 Å². The van der Waals surface area contributed by atoms with Crippen LogP contribution in [0, 0.1) is 0 Å². The number of aromatic nitrogens is 1. The van der Waals surface area contributed by atoms with Gasteiger partial charge in [-0.15, -0.1) is 11.6 Å². The second-order valence-electron chi connectivity index (χ2n) is 9.17. The van der Waals surface area contributed by atoms with E-state index in [2.05, 4.69) is 21.1 Å². The van der Waals surface area contributed by atoms with E-state index in [1.165, 1.54) is 5.56 Å². The summed E-state index contributed by atoms with van der Waals surface area (Å²) in [4.78, 5) is 18.5. The minimum atomic E-state index is -3.62. The molecule has 3 aromatic rings. The molecular weight excluding hydrogens is 472 g/mol.